The molecule has 0 saturated carbocycles. The van der Waals surface area contributed by atoms with Crippen molar-refractivity contribution in [3.05, 3.63) is 51.6 Å². The molecule has 184 valence electrons. The van der Waals surface area contributed by atoms with E-state index in [9.17, 15) is 14.7 Å². The Bertz CT molecular complexity index is 1110. The molecular weight excluding hydrogens is 430 g/mol. The van der Waals surface area contributed by atoms with E-state index in [1.54, 1.807) is 0 Å². The first-order valence-corrected chi connectivity index (χ1v) is 11.8. The summed E-state index contributed by atoms with van der Waals surface area (Å²) in [6.45, 7) is 16.2. The van der Waals surface area contributed by atoms with Crippen LogP contribution in [0.3, 0.4) is 0 Å². The number of aliphatic carboxylic acids is 1. The molecule has 34 heavy (non-hydrogen) atoms. The molecule has 2 aromatic carbocycles. The number of carboxylic acids is 1. The molecule has 0 radical (unpaired) electrons. The van der Waals surface area contributed by atoms with Crippen LogP contribution in [-0.4, -0.2) is 25.1 Å². The van der Waals surface area contributed by atoms with Crippen molar-refractivity contribution in [2.45, 2.75) is 73.6 Å². The second-order valence-electron chi connectivity index (χ2n) is 10.8. The van der Waals surface area contributed by atoms with Gasteiger partial charge in [-0.3, -0.25) is 4.79 Å². The van der Waals surface area contributed by atoms with Crippen LogP contribution in [0.5, 0.6) is 11.5 Å². The summed E-state index contributed by atoms with van der Waals surface area (Å²) in [4.78, 5) is 23.8. The molecule has 6 nitrogen and oxygen atoms in total. The Hall–Kier alpha value is -3.02. The number of carbonyl (C=O) groups excluding carboxylic acids is 2. The summed E-state index contributed by atoms with van der Waals surface area (Å²) in [5.74, 6) is 0.262. The van der Waals surface area contributed by atoms with Crippen molar-refractivity contribution in [1.82, 2.24) is 0 Å². The summed E-state index contributed by atoms with van der Waals surface area (Å²) >= 11 is 0. The predicted molar refractivity (Wildman–Crippen MR) is 132 cm³/mol. The molecule has 0 spiro atoms. The molecule has 0 fully saturated rings. The fraction of sp³-hybridized carbons (Fsp3) is 0.500. The molecule has 1 aliphatic heterocycles. The van der Waals surface area contributed by atoms with E-state index in [4.69, 9.17) is 9.47 Å². The average molecular weight is 467 g/mol. The van der Waals surface area contributed by atoms with Gasteiger partial charge in [0.2, 0.25) is 5.91 Å². The number of nitrogens with one attached hydrogen (secondary N) is 1. The van der Waals surface area contributed by atoms with Gasteiger partial charge in [-0.15, -0.1) is 0 Å². The first kappa shape index (κ1) is 25.6. The van der Waals surface area contributed by atoms with E-state index in [0.717, 1.165) is 44.8 Å². The molecule has 1 unspecified atom stereocenters. The highest BCUT2D eigenvalue weighted by atomic mass is 16.5. The summed E-state index contributed by atoms with van der Waals surface area (Å²) in [5, 5.41) is 14.1. The minimum absolute atomic E-state index is 0.00670. The Morgan fingerprint density at radius 1 is 1.15 bits per heavy atom. The molecule has 0 bridgehead atoms. The first-order chi connectivity index (χ1) is 15.8. The summed E-state index contributed by atoms with van der Waals surface area (Å²) in [7, 11) is 0. The molecule has 3 rings (SSSR count). The van der Waals surface area contributed by atoms with E-state index in [-0.39, 0.29) is 23.2 Å². The lowest BCUT2D eigenvalue weighted by atomic mass is 9.85. The monoisotopic (exact) mass is 466 g/mol. The highest BCUT2D eigenvalue weighted by molar-refractivity contribution is 5.93. The van der Waals surface area contributed by atoms with Crippen LogP contribution in [0.15, 0.2) is 18.2 Å². The number of amides is 1. The highest BCUT2D eigenvalue weighted by Gasteiger charge is 2.33. The van der Waals surface area contributed by atoms with Gasteiger partial charge in [-0.2, -0.15) is 0 Å². The maximum atomic E-state index is 12.8. The van der Waals surface area contributed by atoms with Crippen molar-refractivity contribution in [3.8, 4) is 11.5 Å². The van der Waals surface area contributed by atoms with E-state index >= 15 is 0 Å². The number of hydrogen-bond donors (Lipinski definition) is 1. The summed E-state index contributed by atoms with van der Waals surface area (Å²) < 4.78 is 11.7. The second-order valence-corrected chi connectivity index (χ2v) is 10.8. The normalized spacial score (nSPS) is 15.1. The molecule has 0 saturated heterocycles. The quantitative estimate of drug-likeness (QED) is 0.635. The lowest BCUT2D eigenvalue weighted by Gasteiger charge is -2.23. The number of anilines is 1. The number of benzene rings is 2. The summed E-state index contributed by atoms with van der Waals surface area (Å²) in [6, 6.07) is 5.95. The van der Waals surface area contributed by atoms with Crippen molar-refractivity contribution in [2.75, 3.05) is 18.5 Å². The van der Waals surface area contributed by atoms with Gasteiger partial charge in [0.05, 0.1) is 12.6 Å². The Morgan fingerprint density at radius 2 is 1.82 bits per heavy atom. The molecule has 0 aliphatic carbocycles. The largest absolute Gasteiger partial charge is 0.546 e. The molecule has 1 atom stereocenters. The van der Waals surface area contributed by atoms with Gasteiger partial charge in [-0.05, 0) is 66.0 Å². The number of carboxylic acid groups (broad SMARTS) is 1. The highest BCUT2D eigenvalue weighted by Crippen LogP contribution is 2.47. The van der Waals surface area contributed by atoms with E-state index in [2.05, 4.69) is 11.4 Å². The summed E-state index contributed by atoms with van der Waals surface area (Å²) in [5.41, 5.74) is 6.72. The average Bonchev–Trinajstić information content (AvgIpc) is 3.17. The van der Waals surface area contributed by atoms with Crippen molar-refractivity contribution in [1.29, 1.82) is 0 Å². The number of ether oxygens (including phenoxy) is 2. The number of rotatable bonds is 7. The fourth-order valence-corrected chi connectivity index (χ4v) is 4.62. The predicted octanol–water partition coefficient (Wildman–Crippen LogP) is 4.76. The third kappa shape index (κ3) is 5.37. The zero-order valence-electron chi connectivity index (χ0n) is 21.5. The van der Waals surface area contributed by atoms with Gasteiger partial charge in [0, 0.05) is 23.6 Å². The van der Waals surface area contributed by atoms with Crippen LogP contribution < -0.4 is 19.9 Å². The van der Waals surface area contributed by atoms with Crippen molar-refractivity contribution >= 4 is 17.6 Å². The Labute approximate surface area is 202 Å². The van der Waals surface area contributed by atoms with Crippen LogP contribution in [0.25, 0.3) is 0 Å². The summed E-state index contributed by atoms with van der Waals surface area (Å²) in [6.07, 6.45) is 0.428. The van der Waals surface area contributed by atoms with Gasteiger partial charge >= 0.3 is 0 Å². The number of fused-ring (bicyclic) bond motifs is 1. The van der Waals surface area contributed by atoms with Gasteiger partial charge in [0.1, 0.15) is 18.1 Å². The topological polar surface area (TPSA) is 87.7 Å². The maximum Gasteiger partial charge on any atom is 0.224 e. The smallest absolute Gasteiger partial charge is 0.224 e. The standard InChI is InChI=1S/C28H37NO5/c1-15(2)20-10-9-19(11-22(20)33-14-24(31)32)21-13-34-27-17(4)16(3)26(18(5)25(21)27)29-23(30)12-28(6,7)8/h9-11,15,21H,12-14H2,1-8H3,(H,29,30)(H,31,32)/p-1. The van der Waals surface area contributed by atoms with Gasteiger partial charge in [0.25, 0.3) is 0 Å². The van der Waals surface area contributed by atoms with E-state index in [1.807, 2.05) is 67.5 Å². The molecule has 1 heterocycles. The van der Waals surface area contributed by atoms with E-state index in [1.165, 1.54) is 0 Å². The SMILES string of the molecule is Cc1c(C)c2c(c(C)c1NC(=O)CC(C)(C)C)C(c1ccc(C(C)C)c(OCC(=O)[O-])c1)CO2. The molecule has 1 amide bonds. The lowest BCUT2D eigenvalue weighted by Crippen LogP contribution is -2.29. The van der Waals surface area contributed by atoms with Crippen LogP contribution in [0, 0.1) is 26.2 Å². The molecule has 2 aromatic rings. The third-order valence-corrected chi connectivity index (χ3v) is 6.41. The molecule has 0 aromatic heterocycles. The van der Waals surface area contributed by atoms with E-state index < -0.39 is 12.6 Å². The van der Waals surface area contributed by atoms with Gasteiger partial charge in [0.15, 0.2) is 0 Å². The Morgan fingerprint density at radius 3 is 2.41 bits per heavy atom. The zero-order valence-corrected chi connectivity index (χ0v) is 21.5. The molecule has 1 N–H and O–H groups in total. The van der Waals surface area contributed by atoms with Gasteiger partial charge in [-0.25, -0.2) is 0 Å². The zero-order chi connectivity index (χ0) is 25.4. The Kier molecular flexibility index (Phi) is 7.29. The van der Waals surface area contributed by atoms with Crippen LogP contribution in [0.2, 0.25) is 0 Å². The maximum absolute atomic E-state index is 12.8. The van der Waals surface area contributed by atoms with Crippen LogP contribution in [0.1, 0.15) is 86.3 Å². The third-order valence-electron chi connectivity index (χ3n) is 6.41. The van der Waals surface area contributed by atoms with Crippen LogP contribution >= 0.6 is 0 Å². The number of carbonyl (C=O) groups is 2. The number of hydrogen-bond acceptors (Lipinski definition) is 5. The van der Waals surface area contributed by atoms with Gasteiger partial charge in [-0.1, -0.05) is 46.8 Å². The molecule has 6 heteroatoms. The van der Waals surface area contributed by atoms with E-state index in [0.29, 0.717) is 18.8 Å². The van der Waals surface area contributed by atoms with Crippen LogP contribution in [0.4, 0.5) is 5.69 Å². The van der Waals surface area contributed by atoms with Crippen molar-refractivity contribution in [2.24, 2.45) is 5.41 Å². The van der Waals surface area contributed by atoms with Crippen molar-refractivity contribution in [3.63, 3.8) is 0 Å². The molecular formula is C28H36NO5-. The lowest BCUT2D eigenvalue weighted by molar-refractivity contribution is -0.307. The first-order valence-electron chi connectivity index (χ1n) is 11.8. The fourth-order valence-electron chi connectivity index (χ4n) is 4.62. The molecule has 1 aliphatic rings. The second kappa shape index (κ2) is 9.69. The Balaban J connectivity index is 2.04. The minimum Gasteiger partial charge on any atom is -0.546 e. The minimum atomic E-state index is -1.26. The van der Waals surface area contributed by atoms with Gasteiger partial charge < -0.3 is 24.7 Å². The van der Waals surface area contributed by atoms with Crippen molar-refractivity contribution < 1.29 is 24.2 Å². The van der Waals surface area contributed by atoms with Crippen LogP contribution in [-0.2, 0) is 9.59 Å².